The summed E-state index contributed by atoms with van der Waals surface area (Å²) in [5.74, 6) is 6.37. The molecule has 2 saturated heterocycles. The Morgan fingerprint density at radius 3 is 2.57 bits per heavy atom. The average Bonchev–Trinajstić information content (AvgIpc) is 2.51. The summed E-state index contributed by atoms with van der Waals surface area (Å²) < 4.78 is 12.7. The van der Waals surface area contributed by atoms with Crippen molar-refractivity contribution in [3.8, 4) is 0 Å². The third-order valence-electron chi connectivity index (χ3n) is 4.82. The highest BCUT2D eigenvalue weighted by atomic mass is 79.9. The van der Waals surface area contributed by atoms with Gasteiger partial charge in [0.15, 0.2) is 0 Å². The summed E-state index contributed by atoms with van der Waals surface area (Å²) in [4.78, 5) is 0. The van der Waals surface area contributed by atoms with Crippen molar-refractivity contribution >= 4 is 15.9 Å². The largest absolute Gasteiger partial charge is 0.381 e. The van der Waals surface area contributed by atoms with Crippen LogP contribution in [0.3, 0.4) is 0 Å². The van der Waals surface area contributed by atoms with Gasteiger partial charge in [-0.3, -0.25) is 11.3 Å². The molecule has 1 aromatic rings. The van der Waals surface area contributed by atoms with Crippen molar-refractivity contribution in [2.75, 3.05) is 19.8 Å². The molecule has 0 amide bonds. The summed E-state index contributed by atoms with van der Waals surface area (Å²) >= 11 is 3.48. The molecular formula is C16H23BrN2O2. The number of hydrogen-bond acceptors (Lipinski definition) is 4. The normalized spacial score (nSPS) is 26.7. The van der Waals surface area contributed by atoms with Crippen LogP contribution >= 0.6 is 15.9 Å². The smallest absolute Gasteiger partial charge is 0.0729 e. The molecule has 4 nitrogen and oxygen atoms in total. The van der Waals surface area contributed by atoms with E-state index in [-0.39, 0.29) is 11.6 Å². The number of halogens is 1. The first-order valence-electron chi connectivity index (χ1n) is 7.66. The molecule has 0 aliphatic carbocycles. The van der Waals surface area contributed by atoms with Crippen LogP contribution in [0.5, 0.6) is 0 Å². The van der Waals surface area contributed by atoms with E-state index in [0.29, 0.717) is 5.92 Å². The summed E-state index contributed by atoms with van der Waals surface area (Å²) in [6.07, 6.45) is 4.11. The Kier molecular flexibility index (Phi) is 4.96. The van der Waals surface area contributed by atoms with Crippen molar-refractivity contribution in [1.82, 2.24) is 5.43 Å². The van der Waals surface area contributed by atoms with Crippen LogP contribution in [0.2, 0.25) is 0 Å². The Bertz CT molecular complexity index is 454. The van der Waals surface area contributed by atoms with Crippen LogP contribution in [-0.2, 0) is 9.47 Å². The first kappa shape index (κ1) is 15.4. The molecule has 2 aliphatic rings. The Morgan fingerprint density at radius 2 is 1.90 bits per heavy atom. The molecule has 0 saturated carbocycles. The summed E-state index contributed by atoms with van der Waals surface area (Å²) in [7, 11) is 0. The van der Waals surface area contributed by atoms with E-state index in [4.69, 9.17) is 15.3 Å². The van der Waals surface area contributed by atoms with E-state index in [1.54, 1.807) is 0 Å². The Morgan fingerprint density at radius 1 is 1.19 bits per heavy atom. The summed E-state index contributed by atoms with van der Waals surface area (Å²) in [6, 6.07) is 8.61. The number of rotatable bonds is 3. The SMILES string of the molecule is NNC(c1ccc(Br)cc1)C1CCOC2(CCOCC2)C1. The highest BCUT2D eigenvalue weighted by Gasteiger charge is 2.41. The van der Waals surface area contributed by atoms with Crippen LogP contribution in [0.15, 0.2) is 28.7 Å². The van der Waals surface area contributed by atoms with E-state index in [2.05, 4.69) is 45.6 Å². The van der Waals surface area contributed by atoms with Crippen molar-refractivity contribution in [3.05, 3.63) is 34.3 Å². The number of hydrazine groups is 1. The molecule has 1 aromatic carbocycles. The third kappa shape index (κ3) is 3.48. The van der Waals surface area contributed by atoms with E-state index < -0.39 is 0 Å². The Labute approximate surface area is 134 Å². The lowest BCUT2D eigenvalue weighted by atomic mass is 9.76. The molecule has 5 heteroatoms. The van der Waals surface area contributed by atoms with Gasteiger partial charge in [-0.15, -0.1) is 0 Å². The van der Waals surface area contributed by atoms with Gasteiger partial charge in [-0.05, 0) is 49.3 Å². The summed E-state index contributed by atoms with van der Waals surface area (Å²) in [6.45, 7) is 2.44. The van der Waals surface area contributed by atoms with Crippen molar-refractivity contribution in [2.45, 2.75) is 37.3 Å². The van der Waals surface area contributed by atoms with Gasteiger partial charge in [-0.25, -0.2) is 0 Å². The van der Waals surface area contributed by atoms with E-state index in [9.17, 15) is 0 Å². The van der Waals surface area contributed by atoms with Gasteiger partial charge in [0, 0.05) is 30.3 Å². The van der Waals surface area contributed by atoms with E-state index >= 15 is 0 Å². The van der Waals surface area contributed by atoms with Crippen molar-refractivity contribution in [3.63, 3.8) is 0 Å². The van der Waals surface area contributed by atoms with Crippen LogP contribution in [0, 0.1) is 5.92 Å². The minimum absolute atomic E-state index is 0.00559. The molecule has 2 atom stereocenters. The average molecular weight is 355 g/mol. The van der Waals surface area contributed by atoms with Crippen LogP contribution in [0.25, 0.3) is 0 Å². The Hall–Kier alpha value is -0.460. The standard InChI is InChI=1S/C16H23BrN2O2/c17-14-3-1-12(2-4-14)15(19-18)13-5-8-21-16(11-13)6-9-20-10-7-16/h1-4,13,15,19H,5-11,18H2. The number of hydrogen-bond donors (Lipinski definition) is 2. The molecular weight excluding hydrogens is 332 g/mol. The highest BCUT2D eigenvalue weighted by molar-refractivity contribution is 9.10. The van der Waals surface area contributed by atoms with Crippen molar-refractivity contribution < 1.29 is 9.47 Å². The predicted molar refractivity (Wildman–Crippen MR) is 85.7 cm³/mol. The maximum absolute atomic E-state index is 6.13. The molecule has 0 radical (unpaired) electrons. The molecule has 2 unspecified atom stereocenters. The van der Waals surface area contributed by atoms with Gasteiger partial charge in [0.2, 0.25) is 0 Å². The van der Waals surface area contributed by atoms with Gasteiger partial charge < -0.3 is 9.47 Å². The fourth-order valence-corrected chi connectivity index (χ4v) is 3.88. The van der Waals surface area contributed by atoms with E-state index in [0.717, 1.165) is 50.0 Å². The van der Waals surface area contributed by atoms with Crippen molar-refractivity contribution in [2.24, 2.45) is 11.8 Å². The fraction of sp³-hybridized carbons (Fsp3) is 0.625. The first-order valence-corrected chi connectivity index (χ1v) is 8.45. The van der Waals surface area contributed by atoms with Gasteiger partial charge >= 0.3 is 0 Å². The molecule has 21 heavy (non-hydrogen) atoms. The van der Waals surface area contributed by atoms with Gasteiger partial charge in [-0.1, -0.05) is 28.1 Å². The van der Waals surface area contributed by atoms with Gasteiger partial charge in [0.1, 0.15) is 0 Å². The van der Waals surface area contributed by atoms with Gasteiger partial charge in [-0.2, -0.15) is 0 Å². The lowest BCUT2D eigenvalue weighted by Gasteiger charge is -2.45. The summed E-state index contributed by atoms with van der Waals surface area (Å²) in [5, 5.41) is 0. The predicted octanol–water partition coefficient (Wildman–Crippen LogP) is 2.93. The molecule has 2 heterocycles. The second-order valence-corrected chi connectivity index (χ2v) is 7.01. The zero-order valence-corrected chi connectivity index (χ0v) is 13.8. The topological polar surface area (TPSA) is 56.5 Å². The lowest BCUT2D eigenvalue weighted by molar-refractivity contribution is -0.150. The van der Waals surface area contributed by atoms with E-state index in [1.807, 2.05) is 0 Å². The monoisotopic (exact) mass is 354 g/mol. The maximum atomic E-state index is 6.13. The van der Waals surface area contributed by atoms with Crippen LogP contribution < -0.4 is 11.3 Å². The highest BCUT2D eigenvalue weighted by Crippen LogP contribution is 2.41. The van der Waals surface area contributed by atoms with Gasteiger partial charge in [0.25, 0.3) is 0 Å². The lowest BCUT2D eigenvalue weighted by Crippen LogP contribution is -2.47. The molecule has 3 rings (SSSR count). The second-order valence-electron chi connectivity index (χ2n) is 6.09. The van der Waals surface area contributed by atoms with Gasteiger partial charge in [0.05, 0.1) is 5.60 Å². The fourth-order valence-electron chi connectivity index (χ4n) is 3.62. The zero-order valence-electron chi connectivity index (χ0n) is 12.2. The van der Waals surface area contributed by atoms with Crippen LogP contribution in [0.1, 0.15) is 37.3 Å². The molecule has 2 fully saturated rings. The minimum atomic E-state index is 0.00559. The van der Waals surface area contributed by atoms with E-state index in [1.165, 1.54) is 5.56 Å². The van der Waals surface area contributed by atoms with Crippen LogP contribution in [0.4, 0.5) is 0 Å². The minimum Gasteiger partial charge on any atom is -0.381 e. The quantitative estimate of drug-likeness (QED) is 0.647. The second kappa shape index (κ2) is 6.75. The number of nitrogens with two attached hydrogens (primary N) is 1. The molecule has 0 aromatic heterocycles. The molecule has 3 N–H and O–H groups in total. The molecule has 116 valence electrons. The van der Waals surface area contributed by atoms with Crippen molar-refractivity contribution in [1.29, 1.82) is 0 Å². The van der Waals surface area contributed by atoms with Crippen LogP contribution in [-0.4, -0.2) is 25.4 Å². The molecule has 1 spiro atoms. The Balaban J connectivity index is 1.75. The summed E-state index contributed by atoms with van der Waals surface area (Å²) in [5.41, 5.74) is 4.28. The first-order chi connectivity index (χ1) is 10.2. The zero-order chi connectivity index (χ0) is 14.7. The number of nitrogens with one attached hydrogen (secondary N) is 1. The third-order valence-corrected chi connectivity index (χ3v) is 5.34. The number of benzene rings is 1. The number of ether oxygens (including phenoxy) is 2. The molecule has 0 bridgehead atoms. The maximum Gasteiger partial charge on any atom is 0.0729 e. The molecule has 2 aliphatic heterocycles.